The van der Waals surface area contributed by atoms with Crippen LogP contribution in [0.4, 0.5) is 0 Å². The van der Waals surface area contributed by atoms with Crippen molar-refractivity contribution in [2.75, 3.05) is 18.8 Å². The van der Waals surface area contributed by atoms with E-state index < -0.39 is 6.10 Å². The Morgan fingerprint density at radius 1 is 1.09 bits per heavy atom. The fourth-order valence-electron chi connectivity index (χ4n) is 2.86. The van der Waals surface area contributed by atoms with Gasteiger partial charge in [0.1, 0.15) is 0 Å². The molecule has 33 heavy (non-hydrogen) atoms. The number of rotatable bonds is 16. The van der Waals surface area contributed by atoms with E-state index in [4.69, 9.17) is 5.73 Å². The number of aliphatic hydroxyl groups excluding tert-OH is 1. The highest BCUT2D eigenvalue weighted by Crippen LogP contribution is 2.15. The third-order valence-corrected chi connectivity index (χ3v) is 5.93. The van der Waals surface area contributed by atoms with Gasteiger partial charge < -0.3 is 16.2 Å². The zero-order valence-corrected chi connectivity index (χ0v) is 21.9. The van der Waals surface area contributed by atoms with Gasteiger partial charge in [0.2, 0.25) is 11.0 Å². The Morgan fingerprint density at radius 3 is 2.48 bits per heavy atom. The Kier molecular flexibility index (Phi) is 18.4. The van der Waals surface area contributed by atoms with Crippen LogP contribution >= 0.6 is 11.8 Å². The van der Waals surface area contributed by atoms with Gasteiger partial charge >= 0.3 is 0 Å². The largest absolute Gasteiger partial charge is 0.392 e. The van der Waals surface area contributed by atoms with Crippen LogP contribution in [0.2, 0.25) is 0 Å². The number of hydrogen-bond acceptors (Lipinski definition) is 5. The Hall–Kier alpha value is -1.89. The molecule has 0 aliphatic rings. The van der Waals surface area contributed by atoms with Gasteiger partial charge in [-0.3, -0.25) is 9.59 Å². The maximum atomic E-state index is 11.7. The van der Waals surface area contributed by atoms with E-state index in [1.165, 1.54) is 24.1 Å². The van der Waals surface area contributed by atoms with Crippen LogP contribution in [-0.2, 0) is 9.59 Å². The fraction of sp³-hybridized carbons (Fsp3) is 0.556. The quantitative estimate of drug-likeness (QED) is 0.125. The Morgan fingerprint density at radius 2 is 1.82 bits per heavy atom. The summed E-state index contributed by atoms with van der Waals surface area (Å²) < 4.78 is 0. The van der Waals surface area contributed by atoms with Gasteiger partial charge in [0.05, 0.1) is 6.10 Å². The second kappa shape index (κ2) is 19.6. The SMILES string of the molecule is CC(=O)NCCSC(=O)/C=C/C=C/[C@H](C)[C@@H](O)C/C=C(\C)C/C(C)=C/C=C/CC[C@H](C)CN. The Balaban J connectivity index is 4.31. The number of allylic oxidation sites excluding steroid dienone is 7. The first-order chi connectivity index (χ1) is 15.6. The summed E-state index contributed by atoms with van der Waals surface area (Å²) in [5.41, 5.74) is 8.17. The molecule has 6 heteroatoms. The molecule has 0 heterocycles. The number of thioether (sulfide) groups is 1. The Bertz CT molecular complexity index is 723. The van der Waals surface area contributed by atoms with E-state index in [2.05, 4.69) is 50.4 Å². The van der Waals surface area contributed by atoms with Crippen molar-refractivity contribution in [3.05, 3.63) is 59.8 Å². The second-order valence-electron chi connectivity index (χ2n) is 8.64. The molecule has 0 rings (SSSR count). The Labute approximate surface area is 205 Å². The van der Waals surface area contributed by atoms with Gasteiger partial charge in [0.15, 0.2) is 0 Å². The first-order valence-corrected chi connectivity index (χ1v) is 12.8. The van der Waals surface area contributed by atoms with Crippen molar-refractivity contribution in [3.8, 4) is 0 Å². The van der Waals surface area contributed by atoms with E-state index in [-0.39, 0.29) is 16.9 Å². The molecule has 4 N–H and O–H groups in total. The lowest BCUT2D eigenvalue weighted by Gasteiger charge is -2.13. The van der Waals surface area contributed by atoms with Gasteiger partial charge in [0.25, 0.3) is 0 Å². The van der Waals surface area contributed by atoms with Crippen LogP contribution in [0.15, 0.2) is 59.8 Å². The van der Waals surface area contributed by atoms with E-state index in [0.29, 0.717) is 24.6 Å². The molecule has 1 amide bonds. The molecule has 0 fully saturated rings. The van der Waals surface area contributed by atoms with Crippen molar-refractivity contribution < 1.29 is 14.7 Å². The summed E-state index contributed by atoms with van der Waals surface area (Å²) in [6.45, 7) is 11.0. The topological polar surface area (TPSA) is 92.4 Å². The molecule has 0 aliphatic carbocycles. The molecule has 0 aromatic carbocycles. The molecular weight excluding hydrogens is 432 g/mol. The van der Waals surface area contributed by atoms with Crippen molar-refractivity contribution >= 4 is 22.8 Å². The molecule has 0 radical (unpaired) electrons. The van der Waals surface area contributed by atoms with Crippen molar-refractivity contribution in [3.63, 3.8) is 0 Å². The van der Waals surface area contributed by atoms with Gasteiger partial charge in [-0.05, 0) is 58.1 Å². The normalized spacial score (nSPS) is 16.0. The first kappa shape index (κ1) is 31.1. The molecule has 0 aromatic heterocycles. The minimum atomic E-state index is -0.471. The molecule has 0 unspecified atom stereocenters. The number of carbonyl (C=O) groups is 2. The van der Waals surface area contributed by atoms with E-state index in [0.717, 1.165) is 37.6 Å². The highest BCUT2D eigenvalue weighted by molar-refractivity contribution is 8.14. The molecule has 5 nitrogen and oxygen atoms in total. The zero-order valence-electron chi connectivity index (χ0n) is 21.0. The van der Waals surface area contributed by atoms with Crippen LogP contribution in [-0.4, -0.2) is 41.1 Å². The molecule has 0 saturated carbocycles. The summed E-state index contributed by atoms with van der Waals surface area (Å²) in [4.78, 5) is 22.5. The standard InChI is InChI=1S/C27H44N2O3S/c1-21(11-7-6-8-12-23(3)20-28)19-22(2)15-16-26(31)24(4)13-9-10-14-27(32)33-18-17-29-25(5)30/h6-7,9-11,13-15,23-24,26,31H,8,12,16-20,28H2,1-5H3,(H,29,30)/b7-6+,13-9+,14-10+,21-11+,22-15+/t23-,24-,26-/m0/s1. The van der Waals surface area contributed by atoms with Gasteiger partial charge in [0, 0.05) is 25.1 Å². The van der Waals surface area contributed by atoms with Crippen molar-refractivity contribution in [2.45, 2.75) is 66.4 Å². The van der Waals surface area contributed by atoms with Crippen molar-refractivity contribution in [1.29, 1.82) is 0 Å². The number of nitrogens with one attached hydrogen (secondary N) is 1. The molecule has 0 saturated heterocycles. The van der Waals surface area contributed by atoms with E-state index in [1.807, 2.05) is 13.0 Å². The lowest BCUT2D eigenvalue weighted by molar-refractivity contribution is -0.118. The number of nitrogens with two attached hydrogens (primary N) is 1. The van der Waals surface area contributed by atoms with Gasteiger partial charge in [-0.1, -0.05) is 79.3 Å². The number of carbonyl (C=O) groups excluding carboxylic acids is 2. The van der Waals surface area contributed by atoms with E-state index in [9.17, 15) is 14.7 Å². The van der Waals surface area contributed by atoms with Crippen LogP contribution in [0.25, 0.3) is 0 Å². The third-order valence-electron chi connectivity index (χ3n) is 5.10. The van der Waals surface area contributed by atoms with Crippen LogP contribution < -0.4 is 11.1 Å². The smallest absolute Gasteiger partial charge is 0.216 e. The minimum absolute atomic E-state index is 0.0169. The molecule has 0 spiro atoms. The average molecular weight is 477 g/mol. The number of aliphatic hydroxyl groups is 1. The van der Waals surface area contributed by atoms with Gasteiger partial charge in [-0.2, -0.15) is 0 Å². The fourth-order valence-corrected chi connectivity index (χ4v) is 3.44. The molecule has 186 valence electrons. The second-order valence-corrected chi connectivity index (χ2v) is 9.74. The summed E-state index contributed by atoms with van der Waals surface area (Å²) in [7, 11) is 0. The zero-order chi connectivity index (χ0) is 25.1. The monoisotopic (exact) mass is 476 g/mol. The summed E-state index contributed by atoms with van der Waals surface area (Å²) >= 11 is 1.16. The molecule has 0 bridgehead atoms. The average Bonchev–Trinajstić information content (AvgIpc) is 2.77. The molecule has 0 aliphatic heterocycles. The summed E-state index contributed by atoms with van der Waals surface area (Å²) in [6, 6.07) is 0. The van der Waals surface area contributed by atoms with Gasteiger partial charge in [-0.25, -0.2) is 0 Å². The highest BCUT2D eigenvalue weighted by Gasteiger charge is 2.09. The number of amides is 1. The maximum absolute atomic E-state index is 11.7. The van der Waals surface area contributed by atoms with Crippen LogP contribution in [0.1, 0.15) is 60.3 Å². The summed E-state index contributed by atoms with van der Waals surface area (Å²) in [5, 5.41) is 13.0. The van der Waals surface area contributed by atoms with E-state index in [1.54, 1.807) is 12.2 Å². The van der Waals surface area contributed by atoms with E-state index >= 15 is 0 Å². The molecule has 3 atom stereocenters. The summed E-state index contributed by atoms with van der Waals surface area (Å²) in [5.74, 6) is 1.00. The summed E-state index contributed by atoms with van der Waals surface area (Å²) in [6.07, 6.45) is 18.6. The minimum Gasteiger partial charge on any atom is -0.392 e. The first-order valence-electron chi connectivity index (χ1n) is 11.8. The van der Waals surface area contributed by atoms with Crippen molar-refractivity contribution in [2.24, 2.45) is 17.6 Å². The molecule has 0 aromatic rings. The van der Waals surface area contributed by atoms with Crippen LogP contribution in [0.3, 0.4) is 0 Å². The molecular formula is C27H44N2O3S. The van der Waals surface area contributed by atoms with Crippen molar-refractivity contribution in [1.82, 2.24) is 5.32 Å². The predicted octanol–water partition coefficient (Wildman–Crippen LogP) is 5.10. The van der Waals surface area contributed by atoms with Gasteiger partial charge in [-0.15, -0.1) is 0 Å². The highest BCUT2D eigenvalue weighted by atomic mass is 32.2. The maximum Gasteiger partial charge on any atom is 0.216 e. The lowest BCUT2D eigenvalue weighted by atomic mass is 9.98. The lowest BCUT2D eigenvalue weighted by Crippen LogP contribution is -2.22. The number of hydrogen-bond donors (Lipinski definition) is 3. The predicted molar refractivity (Wildman–Crippen MR) is 143 cm³/mol. The third kappa shape index (κ3) is 19.3. The van der Waals surface area contributed by atoms with Crippen LogP contribution in [0.5, 0.6) is 0 Å². The van der Waals surface area contributed by atoms with Crippen LogP contribution in [0, 0.1) is 11.8 Å².